The van der Waals surface area contributed by atoms with Crippen molar-refractivity contribution in [3.63, 3.8) is 0 Å². The summed E-state index contributed by atoms with van der Waals surface area (Å²) in [6, 6.07) is 0. The fourth-order valence-corrected chi connectivity index (χ4v) is 5.45. The van der Waals surface area contributed by atoms with Crippen molar-refractivity contribution in [1.82, 2.24) is 0 Å². The van der Waals surface area contributed by atoms with E-state index in [0.29, 0.717) is 26.1 Å². The van der Waals surface area contributed by atoms with Crippen LogP contribution in [0.15, 0.2) is 24.3 Å². The normalized spacial score (nSPS) is 12.4. The van der Waals surface area contributed by atoms with Gasteiger partial charge in [0.15, 0.2) is 6.29 Å². The van der Waals surface area contributed by atoms with Crippen molar-refractivity contribution in [2.24, 2.45) is 5.92 Å². The summed E-state index contributed by atoms with van der Waals surface area (Å²) < 4.78 is 22.8. The molecule has 7 heteroatoms. The van der Waals surface area contributed by atoms with Crippen LogP contribution in [0, 0.1) is 5.92 Å². The second kappa shape index (κ2) is 39.1. The Hall–Kier alpha value is -1.70. The van der Waals surface area contributed by atoms with Crippen LogP contribution in [0.25, 0.3) is 0 Å². The number of carbonyl (C=O) groups is 2. The summed E-state index contributed by atoms with van der Waals surface area (Å²) in [4.78, 5) is 24.7. The summed E-state index contributed by atoms with van der Waals surface area (Å²) >= 11 is 0. The number of aliphatic hydroxyl groups excluding tert-OH is 1. The van der Waals surface area contributed by atoms with Gasteiger partial charge < -0.3 is 24.1 Å². The summed E-state index contributed by atoms with van der Waals surface area (Å²) in [5.74, 6) is -1.05. The third kappa shape index (κ3) is 35.9. The fourth-order valence-electron chi connectivity index (χ4n) is 5.45. The Labute approximate surface area is 302 Å². The van der Waals surface area contributed by atoms with Crippen molar-refractivity contribution < 1.29 is 33.6 Å². The van der Waals surface area contributed by atoms with Gasteiger partial charge in [0.05, 0.1) is 32.2 Å². The molecular formula is C42H78O7. The van der Waals surface area contributed by atoms with Crippen molar-refractivity contribution >= 4 is 11.9 Å². The molecule has 1 atom stereocenters. The summed E-state index contributed by atoms with van der Waals surface area (Å²) in [5.41, 5.74) is 0. The van der Waals surface area contributed by atoms with Gasteiger partial charge in [0.1, 0.15) is 0 Å². The highest BCUT2D eigenvalue weighted by molar-refractivity contribution is 5.69. The van der Waals surface area contributed by atoms with Crippen molar-refractivity contribution in [3.8, 4) is 0 Å². The molecule has 1 N–H and O–H groups in total. The zero-order valence-corrected chi connectivity index (χ0v) is 32.3. The van der Waals surface area contributed by atoms with Crippen molar-refractivity contribution in [1.29, 1.82) is 0 Å². The number of hydrogen-bond donors (Lipinski definition) is 1. The monoisotopic (exact) mass is 695 g/mol. The zero-order chi connectivity index (χ0) is 35.9. The number of aliphatic hydroxyl groups is 1. The lowest BCUT2D eigenvalue weighted by molar-refractivity contribution is -0.161. The minimum atomic E-state index is -0.429. The maximum Gasteiger partial charge on any atom is 0.305 e. The lowest BCUT2D eigenvalue weighted by Gasteiger charge is -2.19. The Morgan fingerprint density at radius 3 is 1.49 bits per heavy atom. The molecule has 0 rings (SSSR count). The first kappa shape index (κ1) is 47.3. The Morgan fingerprint density at radius 1 is 0.531 bits per heavy atom. The third-order valence-corrected chi connectivity index (χ3v) is 8.74. The van der Waals surface area contributed by atoms with E-state index < -0.39 is 12.2 Å². The van der Waals surface area contributed by atoms with E-state index in [-0.39, 0.29) is 38.2 Å². The van der Waals surface area contributed by atoms with E-state index >= 15 is 0 Å². The molecule has 0 aromatic heterocycles. The van der Waals surface area contributed by atoms with E-state index in [4.69, 9.17) is 18.9 Å². The predicted molar refractivity (Wildman–Crippen MR) is 204 cm³/mol. The van der Waals surface area contributed by atoms with Gasteiger partial charge >= 0.3 is 11.9 Å². The SMILES string of the molecule is CCCCCC=CCC=CCCCCCCCC(=O)OCC(CO)COC(=O)CCC(OCCCCCCCC)OCCCCCCCC. The number of esters is 2. The highest BCUT2D eigenvalue weighted by Gasteiger charge is 2.17. The van der Waals surface area contributed by atoms with Crippen molar-refractivity contribution in [2.45, 2.75) is 194 Å². The molecule has 0 aliphatic rings. The second-order valence-electron chi connectivity index (χ2n) is 13.6. The molecule has 7 nitrogen and oxygen atoms in total. The molecule has 0 heterocycles. The van der Waals surface area contributed by atoms with Gasteiger partial charge in [0, 0.05) is 26.1 Å². The molecule has 0 radical (unpaired) electrons. The van der Waals surface area contributed by atoms with Gasteiger partial charge in [-0.05, 0) is 51.4 Å². The number of rotatable bonds is 38. The maximum absolute atomic E-state index is 12.5. The standard InChI is InChI=1S/C42H78O7/c1-4-7-10-13-16-17-18-19-20-21-22-23-24-25-28-31-40(44)48-37-39(36-43)38-49-41(45)32-33-42(46-34-29-26-14-11-8-5-2)47-35-30-27-15-12-9-6-3/h16-17,19-20,39,42-43H,4-15,18,21-38H2,1-3H3. The maximum atomic E-state index is 12.5. The van der Waals surface area contributed by atoms with Crippen molar-refractivity contribution in [2.75, 3.05) is 33.0 Å². The van der Waals surface area contributed by atoms with Crippen LogP contribution >= 0.6 is 0 Å². The van der Waals surface area contributed by atoms with E-state index in [1.54, 1.807) is 0 Å². The van der Waals surface area contributed by atoms with Crippen LogP contribution in [0.1, 0.15) is 188 Å². The first-order chi connectivity index (χ1) is 24.1. The average Bonchev–Trinajstić information content (AvgIpc) is 3.11. The molecular weight excluding hydrogens is 616 g/mol. The van der Waals surface area contributed by atoms with Crippen LogP contribution in [-0.4, -0.2) is 56.4 Å². The molecule has 0 aliphatic heterocycles. The highest BCUT2D eigenvalue weighted by Crippen LogP contribution is 2.13. The van der Waals surface area contributed by atoms with E-state index in [2.05, 4.69) is 45.1 Å². The van der Waals surface area contributed by atoms with E-state index in [9.17, 15) is 14.7 Å². The molecule has 0 aromatic rings. The Kier molecular flexibility index (Phi) is 37.7. The quantitative estimate of drug-likeness (QED) is 0.0298. The fraction of sp³-hybridized carbons (Fsp3) is 0.857. The van der Waals surface area contributed by atoms with Crippen LogP contribution in [0.2, 0.25) is 0 Å². The van der Waals surface area contributed by atoms with Gasteiger partial charge in [-0.2, -0.15) is 0 Å². The average molecular weight is 695 g/mol. The summed E-state index contributed by atoms with van der Waals surface area (Å²) in [6.07, 6.45) is 36.5. The van der Waals surface area contributed by atoms with Crippen LogP contribution in [-0.2, 0) is 28.5 Å². The zero-order valence-electron chi connectivity index (χ0n) is 32.3. The molecule has 0 saturated heterocycles. The lowest BCUT2D eigenvalue weighted by atomic mass is 10.1. The first-order valence-corrected chi connectivity index (χ1v) is 20.5. The molecule has 0 amide bonds. The largest absolute Gasteiger partial charge is 0.465 e. The van der Waals surface area contributed by atoms with Crippen LogP contribution in [0.4, 0.5) is 0 Å². The summed E-state index contributed by atoms with van der Waals surface area (Å²) in [5, 5.41) is 9.73. The van der Waals surface area contributed by atoms with Gasteiger partial charge in [-0.3, -0.25) is 9.59 Å². The molecule has 0 fully saturated rings. The number of unbranched alkanes of at least 4 members (excludes halogenated alkanes) is 18. The summed E-state index contributed by atoms with van der Waals surface area (Å²) in [6.45, 7) is 7.80. The van der Waals surface area contributed by atoms with E-state index in [1.807, 2.05) is 0 Å². The highest BCUT2D eigenvalue weighted by atomic mass is 16.7. The topological polar surface area (TPSA) is 91.3 Å². The van der Waals surface area contributed by atoms with E-state index in [1.165, 1.54) is 89.9 Å². The third-order valence-electron chi connectivity index (χ3n) is 8.74. The molecule has 0 aliphatic carbocycles. The number of hydrogen-bond acceptors (Lipinski definition) is 7. The Bertz CT molecular complexity index is 748. The molecule has 49 heavy (non-hydrogen) atoms. The Balaban J connectivity index is 4.11. The second-order valence-corrected chi connectivity index (χ2v) is 13.6. The smallest absolute Gasteiger partial charge is 0.305 e. The predicted octanol–water partition coefficient (Wildman–Crippen LogP) is 11.4. The van der Waals surface area contributed by atoms with Crippen LogP contribution in [0.5, 0.6) is 0 Å². The number of ether oxygens (including phenoxy) is 4. The van der Waals surface area contributed by atoms with Gasteiger partial charge in [0.2, 0.25) is 0 Å². The molecule has 0 saturated carbocycles. The number of allylic oxidation sites excluding steroid dienone is 4. The van der Waals surface area contributed by atoms with Gasteiger partial charge in [-0.25, -0.2) is 0 Å². The molecule has 1 unspecified atom stereocenters. The van der Waals surface area contributed by atoms with Crippen LogP contribution in [0.3, 0.4) is 0 Å². The molecule has 288 valence electrons. The van der Waals surface area contributed by atoms with Gasteiger partial charge in [-0.1, -0.05) is 141 Å². The Morgan fingerprint density at radius 2 is 0.959 bits per heavy atom. The molecule has 0 bridgehead atoms. The van der Waals surface area contributed by atoms with Crippen LogP contribution < -0.4 is 0 Å². The van der Waals surface area contributed by atoms with E-state index in [0.717, 1.165) is 57.8 Å². The minimum absolute atomic E-state index is 0.0220. The molecule has 0 spiro atoms. The van der Waals surface area contributed by atoms with Crippen molar-refractivity contribution in [3.05, 3.63) is 24.3 Å². The molecule has 0 aromatic carbocycles. The summed E-state index contributed by atoms with van der Waals surface area (Å²) in [7, 11) is 0. The number of carbonyl (C=O) groups excluding carboxylic acids is 2. The minimum Gasteiger partial charge on any atom is -0.465 e. The van der Waals surface area contributed by atoms with Gasteiger partial charge in [-0.15, -0.1) is 0 Å². The van der Waals surface area contributed by atoms with Gasteiger partial charge in [0.25, 0.3) is 0 Å². The first-order valence-electron chi connectivity index (χ1n) is 20.5. The lowest BCUT2D eigenvalue weighted by Crippen LogP contribution is -2.25.